The molecule has 1 atom stereocenters. The third kappa shape index (κ3) is 6.77. The van der Waals surface area contributed by atoms with Gasteiger partial charge in [-0.1, -0.05) is 224 Å². The molecular formula is C79H50N2O. The maximum atomic E-state index is 6.89. The molecular weight excluding hydrogens is 993 g/mol. The molecule has 15 aromatic rings. The van der Waals surface area contributed by atoms with E-state index in [2.05, 4.69) is 313 Å². The lowest BCUT2D eigenvalue weighted by Gasteiger charge is -2.31. The summed E-state index contributed by atoms with van der Waals surface area (Å²) in [7, 11) is 0. The van der Waals surface area contributed by atoms with Crippen molar-refractivity contribution in [2.75, 3.05) is 4.90 Å². The monoisotopic (exact) mass is 1040 g/mol. The Kier molecular flexibility index (Phi) is 10.2. The van der Waals surface area contributed by atoms with Gasteiger partial charge in [-0.3, -0.25) is 0 Å². The minimum Gasteiger partial charge on any atom is -0.456 e. The Morgan fingerprint density at radius 1 is 0.293 bits per heavy atom. The van der Waals surface area contributed by atoms with Gasteiger partial charge in [0.2, 0.25) is 0 Å². The molecule has 2 aliphatic carbocycles. The summed E-state index contributed by atoms with van der Waals surface area (Å²) >= 11 is 0. The largest absolute Gasteiger partial charge is 0.456 e. The Morgan fingerprint density at radius 3 is 1.61 bits per heavy atom. The standard InChI is InChI=1S/C79H50N2O/c1-4-20-51(21-5-1)53-38-43-58(44-39-53)81(74-36-19-37-76-78(74)66-49-55(42-47-75(66)82-76)54-41-46-73-65(48-54)62-28-13-17-35-72(62)80(73)57-24-8-3-9-25-57)71-34-16-12-27-61(71)63-30-18-33-69-77(63)64-29-11-15-32-68(64)79(69)67-31-14-10-26-59(67)60-45-40-56(50-70(60)79)52-22-6-2-7-23-52/h1-50H. The van der Waals surface area contributed by atoms with E-state index in [1.54, 1.807) is 0 Å². The Labute approximate surface area is 475 Å². The molecule has 3 nitrogen and oxygen atoms in total. The molecule has 2 heterocycles. The minimum atomic E-state index is -0.539. The van der Waals surface area contributed by atoms with Gasteiger partial charge in [-0.25, -0.2) is 0 Å². The number of nitrogens with zero attached hydrogens (tertiary/aromatic N) is 2. The lowest BCUT2D eigenvalue weighted by molar-refractivity contribution is 0.669. The molecule has 0 aliphatic heterocycles. The zero-order chi connectivity index (χ0) is 53.9. The predicted octanol–water partition coefficient (Wildman–Crippen LogP) is 21.2. The van der Waals surface area contributed by atoms with Crippen molar-refractivity contribution in [2.24, 2.45) is 0 Å². The molecule has 382 valence electrons. The summed E-state index contributed by atoms with van der Waals surface area (Å²) < 4.78 is 9.27. The van der Waals surface area contributed by atoms with Crippen molar-refractivity contribution in [3.05, 3.63) is 326 Å². The predicted molar refractivity (Wildman–Crippen MR) is 341 cm³/mol. The molecule has 2 aliphatic rings. The van der Waals surface area contributed by atoms with Crippen molar-refractivity contribution in [3.8, 4) is 72.4 Å². The third-order valence-electron chi connectivity index (χ3n) is 17.6. The molecule has 0 amide bonds. The van der Waals surface area contributed by atoms with Crippen LogP contribution in [0.1, 0.15) is 22.3 Å². The molecule has 2 aromatic heterocycles. The zero-order valence-electron chi connectivity index (χ0n) is 44.7. The second-order valence-corrected chi connectivity index (χ2v) is 21.8. The van der Waals surface area contributed by atoms with E-state index < -0.39 is 5.41 Å². The van der Waals surface area contributed by atoms with Crippen LogP contribution in [0.2, 0.25) is 0 Å². The van der Waals surface area contributed by atoms with Gasteiger partial charge in [-0.2, -0.15) is 0 Å². The normalized spacial score (nSPS) is 13.9. The van der Waals surface area contributed by atoms with Gasteiger partial charge in [0.25, 0.3) is 0 Å². The Hall–Kier alpha value is -10.7. The van der Waals surface area contributed by atoms with Crippen LogP contribution in [0.25, 0.3) is 116 Å². The number of hydrogen-bond acceptors (Lipinski definition) is 2. The smallest absolute Gasteiger partial charge is 0.137 e. The van der Waals surface area contributed by atoms with Crippen LogP contribution in [0.4, 0.5) is 17.1 Å². The van der Waals surface area contributed by atoms with Gasteiger partial charge in [-0.15, -0.1) is 0 Å². The van der Waals surface area contributed by atoms with Crippen LogP contribution in [0.15, 0.2) is 308 Å². The molecule has 0 radical (unpaired) electrons. The Bertz CT molecular complexity index is 5030. The lowest BCUT2D eigenvalue weighted by atomic mass is 9.70. The summed E-state index contributed by atoms with van der Waals surface area (Å²) in [4.78, 5) is 2.47. The average Bonchev–Trinajstić information content (AvgIpc) is 1.64. The first-order valence-corrected chi connectivity index (χ1v) is 28.3. The average molecular weight is 1040 g/mol. The van der Waals surface area contributed by atoms with Gasteiger partial charge in [-0.05, 0) is 162 Å². The van der Waals surface area contributed by atoms with E-state index >= 15 is 0 Å². The summed E-state index contributed by atoms with van der Waals surface area (Å²) in [6.45, 7) is 0. The van der Waals surface area contributed by atoms with Crippen molar-refractivity contribution in [2.45, 2.75) is 5.41 Å². The highest BCUT2D eigenvalue weighted by atomic mass is 16.3. The SMILES string of the molecule is c1ccc(-c2ccc(N(c3ccccc3-c3cccc4c3-c3ccccc3C43c4ccccc4-c4ccc(-c5ccccc5)cc43)c3cccc4oc5ccc(-c6ccc7c(c6)c6ccccc6n7-c6ccccc6)cc5c34)cc2)cc1. The van der Waals surface area contributed by atoms with E-state index in [0.29, 0.717) is 0 Å². The van der Waals surface area contributed by atoms with Gasteiger partial charge in [0.15, 0.2) is 0 Å². The molecule has 1 unspecified atom stereocenters. The van der Waals surface area contributed by atoms with Crippen molar-refractivity contribution in [3.63, 3.8) is 0 Å². The van der Waals surface area contributed by atoms with E-state index in [0.717, 1.165) is 66.9 Å². The van der Waals surface area contributed by atoms with Gasteiger partial charge < -0.3 is 13.9 Å². The number of fused-ring (bicyclic) bond motifs is 16. The molecule has 0 bridgehead atoms. The van der Waals surface area contributed by atoms with E-state index in [1.807, 2.05) is 0 Å². The number of anilines is 3. The highest BCUT2D eigenvalue weighted by Gasteiger charge is 2.52. The fraction of sp³-hybridized carbons (Fsp3) is 0.0127. The molecule has 0 fully saturated rings. The van der Waals surface area contributed by atoms with Gasteiger partial charge in [0.1, 0.15) is 11.2 Å². The number of benzene rings is 13. The fourth-order valence-electron chi connectivity index (χ4n) is 14.1. The Morgan fingerprint density at radius 2 is 0.817 bits per heavy atom. The third-order valence-corrected chi connectivity index (χ3v) is 17.6. The molecule has 17 rings (SSSR count). The molecule has 13 aromatic carbocycles. The van der Waals surface area contributed by atoms with Crippen LogP contribution in [0.5, 0.6) is 0 Å². The highest BCUT2D eigenvalue weighted by Crippen LogP contribution is 2.65. The van der Waals surface area contributed by atoms with Crippen LogP contribution in [-0.4, -0.2) is 4.57 Å². The van der Waals surface area contributed by atoms with E-state index in [1.165, 1.54) is 88.6 Å². The molecule has 0 saturated heterocycles. The second-order valence-electron chi connectivity index (χ2n) is 21.8. The maximum Gasteiger partial charge on any atom is 0.137 e. The molecule has 0 saturated carbocycles. The van der Waals surface area contributed by atoms with Gasteiger partial charge in [0, 0.05) is 33.1 Å². The van der Waals surface area contributed by atoms with Crippen molar-refractivity contribution >= 4 is 60.8 Å². The molecule has 0 N–H and O–H groups in total. The first-order valence-electron chi connectivity index (χ1n) is 28.3. The summed E-state index contributed by atoms with van der Waals surface area (Å²) in [6, 6.07) is 112. The molecule has 1 spiro atoms. The second kappa shape index (κ2) is 18.2. The number of furan rings is 1. The van der Waals surface area contributed by atoms with E-state index in [4.69, 9.17) is 4.42 Å². The quantitative estimate of drug-likeness (QED) is 0.151. The number of rotatable bonds is 8. The first-order chi connectivity index (χ1) is 40.7. The van der Waals surface area contributed by atoms with Gasteiger partial charge in [0.05, 0.1) is 33.2 Å². The van der Waals surface area contributed by atoms with Crippen LogP contribution in [-0.2, 0) is 5.41 Å². The van der Waals surface area contributed by atoms with Crippen LogP contribution < -0.4 is 4.90 Å². The summed E-state index contributed by atoms with van der Waals surface area (Å²) in [5, 5.41) is 4.56. The topological polar surface area (TPSA) is 21.3 Å². The van der Waals surface area contributed by atoms with Gasteiger partial charge >= 0.3 is 0 Å². The fourth-order valence-corrected chi connectivity index (χ4v) is 14.1. The zero-order valence-corrected chi connectivity index (χ0v) is 44.7. The number of aromatic nitrogens is 1. The summed E-state index contributed by atoms with van der Waals surface area (Å²) in [5.74, 6) is 0. The number of para-hydroxylation sites is 3. The van der Waals surface area contributed by atoms with Crippen LogP contribution in [0.3, 0.4) is 0 Å². The minimum absolute atomic E-state index is 0.539. The maximum absolute atomic E-state index is 6.89. The van der Waals surface area contributed by atoms with E-state index in [-0.39, 0.29) is 0 Å². The van der Waals surface area contributed by atoms with E-state index in [9.17, 15) is 0 Å². The molecule has 3 heteroatoms. The summed E-state index contributed by atoms with van der Waals surface area (Å²) in [5.41, 5.74) is 27.5. The van der Waals surface area contributed by atoms with Crippen molar-refractivity contribution in [1.29, 1.82) is 0 Å². The van der Waals surface area contributed by atoms with Crippen molar-refractivity contribution < 1.29 is 4.42 Å². The first kappa shape index (κ1) is 46.2. The van der Waals surface area contributed by atoms with Crippen LogP contribution >= 0.6 is 0 Å². The molecule has 82 heavy (non-hydrogen) atoms. The highest BCUT2D eigenvalue weighted by molar-refractivity contribution is 6.16. The lowest BCUT2D eigenvalue weighted by Crippen LogP contribution is -2.25. The Balaban J connectivity index is 0.877. The summed E-state index contributed by atoms with van der Waals surface area (Å²) in [6.07, 6.45) is 0. The van der Waals surface area contributed by atoms with Crippen molar-refractivity contribution in [1.82, 2.24) is 4.57 Å². The van der Waals surface area contributed by atoms with Crippen LogP contribution in [0, 0.1) is 0 Å². The number of hydrogen-bond donors (Lipinski definition) is 0.